The van der Waals surface area contributed by atoms with Crippen LogP contribution in [0.5, 0.6) is 0 Å². The summed E-state index contributed by atoms with van der Waals surface area (Å²) in [6.07, 6.45) is 0. The molecule has 0 fully saturated rings. The van der Waals surface area contributed by atoms with Crippen molar-refractivity contribution in [2.24, 2.45) is 0 Å². The van der Waals surface area contributed by atoms with Gasteiger partial charge in [0.05, 0.1) is 6.61 Å². The van der Waals surface area contributed by atoms with Crippen LogP contribution >= 0.6 is 0 Å². The van der Waals surface area contributed by atoms with Crippen molar-refractivity contribution in [2.45, 2.75) is 33.1 Å². The Labute approximate surface area is 103 Å². The van der Waals surface area contributed by atoms with Crippen molar-refractivity contribution in [1.82, 2.24) is 5.32 Å². The van der Waals surface area contributed by atoms with Gasteiger partial charge in [-0.2, -0.15) is 0 Å². The van der Waals surface area contributed by atoms with E-state index in [4.69, 9.17) is 5.11 Å². The highest BCUT2D eigenvalue weighted by atomic mass is 16.3. The molecule has 1 aromatic carbocycles. The lowest BCUT2D eigenvalue weighted by molar-refractivity contribution is 0.0944. The molecule has 0 atom stereocenters. The molecular formula is C14H21NO2. The molecule has 0 aliphatic carbocycles. The Bertz CT molecular complexity index is 405. The third-order valence-corrected chi connectivity index (χ3v) is 2.75. The topological polar surface area (TPSA) is 49.3 Å². The van der Waals surface area contributed by atoms with Gasteiger partial charge in [0.2, 0.25) is 0 Å². The molecule has 0 radical (unpaired) electrons. The van der Waals surface area contributed by atoms with Crippen LogP contribution in [-0.4, -0.2) is 24.2 Å². The van der Waals surface area contributed by atoms with E-state index in [1.54, 1.807) is 0 Å². The Hall–Kier alpha value is -1.35. The Balaban J connectivity index is 3.02. The number of rotatable bonds is 3. The van der Waals surface area contributed by atoms with Crippen LogP contribution in [0.2, 0.25) is 0 Å². The van der Waals surface area contributed by atoms with E-state index in [-0.39, 0.29) is 24.5 Å². The summed E-state index contributed by atoms with van der Waals surface area (Å²) in [5.74, 6) is -0.123. The van der Waals surface area contributed by atoms with Crippen LogP contribution in [0.4, 0.5) is 0 Å². The summed E-state index contributed by atoms with van der Waals surface area (Å²) in [7, 11) is 0. The predicted octanol–water partition coefficient (Wildman–Crippen LogP) is 2.01. The van der Waals surface area contributed by atoms with Crippen LogP contribution in [0.3, 0.4) is 0 Å². The van der Waals surface area contributed by atoms with Crippen LogP contribution in [0, 0.1) is 6.92 Å². The van der Waals surface area contributed by atoms with Gasteiger partial charge < -0.3 is 10.4 Å². The lowest BCUT2D eigenvalue weighted by Crippen LogP contribution is -2.27. The lowest BCUT2D eigenvalue weighted by atomic mass is 9.85. The number of carbonyl (C=O) groups excluding carboxylic acids is 1. The van der Waals surface area contributed by atoms with Gasteiger partial charge in [-0.25, -0.2) is 0 Å². The summed E-state index contributed by atoms with van der Waals surface area (Å²) in [5.41, 5.74) is 2.80. The highest BCUT2D eigenvalue weighted by molar-refractivity contribution is 5.95. The van der Waals surface area contributed by atoms with Gasteiger partial charge in [-0.15, -0.1) is 0 Å². The van der Waals surface area contributed by atoms with Crippen LogP contribution < -0.4 is 5.32 Å². The zero-order chi connectivity index (χ0) is 13.1. The number of benzene rings is 1. The smallest absolute Gasteiger partial charge is 0.251 e. The summed E-state index contributed by atoms with van der Waals surface area (Å²) >= 11 is 0. The molecule has 0 aromatic heterocycles. The fourth-order valence-corrected chi connectivity index (χ4v) is 1.60. The maximum atomic E-state index is 11.9. The first kappa shape index (κ1) is 13.7. The van der Waals surface area contributed by atoms with Gasteiger partial charge in [-0.05, 0) is 29.5 Å². The third-order valence-electron chi connectivity index (χ3n) is 2.75. The van der Waals surface area contributed by atoms with Gasteiger partial charge in [-0.1, -0.05) is 32.9 Å². The number of amides is 1. The zero-order valence-electron chi connectivity index (χ0n) is 11.0. The minimum absolute atomic E-state index is 0.0275. The molecule has 94 valence electrons. The fraction of sp³-hybridized carbons (Fsp3) is 0.500. The van der Waals surface area contributed by atoms with Gasteiger partial charge in [0.1, 0.15) is 0 Å². The molecule has 0 aliphatic heterocycles. The van der Waals surface area contributed by atoms with Crippen molar-refractivity contribution in [3.63, 3.8) is 0 Å². The molecule has 0 saturated carbocycles. The molecule has 0 saturated heterocycles. The molecule has 0 aliphatic rings. The standard InChI is InChI=1S/C14H21NO2/c1-10-5-6-11(14(2,3)4)9-12(10)13(17)15-7-8-16/h5-6,9,16H,7-8H2,1-4H3,(H,15,17). The highest BCUT2D eigenvalue weighted by Crippen LogP contribution is 2.24. The molecular weight excluding hydrogens is 214 g/mol. The second-order valence-electron chi connectivity index (χ2n) is 5.26. The fourth-order valence-electron chi connectivity index (χ4n) is 1.60. The molecule has 0 heterocycles. The van der Waals surface area contributed by atoms with Gasteiger partial charge in [-0.3, -0.25) is 4.79 Å². The molecule has 0 spiro atoms. The van der Waals surface area contributed by atoms with E-state index in [0.717, 1.165) is 11.1 Å². The molecule has 17 heavy (non-hydrogen) atoms. The number of aryl methyl sites for hydroxylation is 1. The maximum Gasteiger partial charge on any atom is 0.251 e. The van der Waals surface area contributed by atoms with Gasteiger partial charge in [0, 0.05) is 12.1 Å². The third kappa shape index (κ3) is 3.56. The van der Waals surface area contributed by atoms with Crippen LogP contribution in [0.1, 0.15) is 42.3 Å². The number of carbonyl (C=O) groups is 1. The van der Waals surface area contributed by atoms with E-state index in [9.17, 15) is 4.79 Å². The largest absolute Gasteiger partial charge is 0.395 e. The molecule has 0 bridgehead atoms. The number of aliphatic hydroxyl groups excluding tert-OH is 1. The summed E-state index contributed by atoms with van der Waals surface area (Å²) in [4.78, 5) is 11.9. The Morgan fingerprint density at radius 1 is 1.35 bits per heavy atom. The summed E-state index contributed by atoms with van der Waals surface area (Å²) < 4.78 is 0. The van der Waals surface area contributed by atoms with Crippen molar-refractivity contribution in [3.8, 4) is 0 Å². The molecule has 1 rings (SSSR count). The van der Waals surface area contributed by atoms with E-state index in [0.29, 0.717) is 5.56 Å². The predicted molar refractivity (Wildman–Crippen MR) is 69.3 cm³/mol. The van der Waals surface area contributed by atoms with E-state index in [1.807, 2.05) is 19.1 Å². The van der Waals surface area contributed by atoms with E-state index in [2.05, 4.69) is 32.2 Å². The Kier molecular flexibility index (Phi) is 4.29. The molecule has 3 nitrogen and oxygen atoms in total. The van der Waals surface area contributed by atoms with E-state index in [1.165, 1.54) is 0 Å². The first-order valence-electron chi connectivity index (χ1n) is 5.86. The van der Waals surface area contributed by atoms with Crippen molar-refractivity contribution in [2.75, 3.05) is 13.2 Å². The van der Waals surface area contributed by atoms with E-state index >= 15 is 0 Å². The minimum Gasteiger partial charge on any atom is -0.395 e. The summed E-state index contributed by atoms with van der Waals surface area (Å²) in [5, 5.41) is 11.4. The summed E-state index contributed by atoms with van der Waals surface area (Å²) in [6.45, 7) is 8.52. The summed E-state index contributed by atoms with van der Waals surface area (Å²) in [6, 6.07) is 5.95. The Morgan fingerprint density at radius 2 is 2.00 bits per heavy atom. The monoisotopic (exact) mass is 235 g/mol. The van der Waals surface area contributed by atoms with Crippen molar-refractivity contribution in [1.29, 1.82) is 0 Å². The van der Waals surface area contributed by atoms with Crippen LogP contribution in [-0.2, 0) is 5.41 Å². The van der Waals surface area contributed by atoms with Gasteiger partial charge in [0.15, 0.2) is 0 Å². The first-order valence-corrected chi connectivity index (χ1v) is 5.86. The average Bonchev–Trinajstić information content (AvgIpc) is 2.24. The van der Waals surface area contributed by atoms with E-state index < -0.39 is 0 Å². The lowest BCUT2D eigenvalue weighted by Gasteiger charge is -2.20. The molecule has 2 N–H and O–H groups in total. The Morgan fingerprint density at radius 3 is 2.53 bits per heavy atom. The average molecular weight is 235 g/mol. The highest BCUT2D eigenvalue weighted by Gasteiger charge is 2.17. The number of nitrogens with one attached hydrogen (secondary N) is 1. The molecule has 0 unspecified atom stereocenters. The van der Waals surface area contributed by atoms with Gasteiger partial charge in [0.25, 0.3) is 5.91 Å². The first-order chi connectivity index (χ1) is 7.86. The van der Waals surface area contributed by atoms with Crippen LogP contribution in [0.15, 0.2) is 18.2 Å². The van der Waals surface area contributed by atoms with Crippen molar-refractivity contribution in [3.05, 3.63) is 34.9 Å². The van der Waals surface area contributed by atoms with Crippen molar-refractivity contribution < 1.29 is 9.90 Å². The zero-order valence-corrected chi connectivity index (χ0v) is 11.0. The number of hydrogen-bond acceptors (Lipinski definition) is 2. The van der Waals surface area contributed by atoms with Crippen LogP contribution in [0.25, 0.3) is 0 Å². The number of hydrogen-bond donors (Lipinski definition) is 2. The van der Waals surface area contributed by atoms with Gasteiger partial charge >= 0.3 is 0 Å². The second-order valence-corrected chi connectivity index (χ2v) is 5.26. The second kappa shape index (κ2) is 5.32. The normalized spacial score (nSPS) is 11.4. The maximum absolute atomic E-state index is 11.9. The minimum atomic E-state index is -0.123. The molecule has 1 amide bonds. The van der Waals surface area contributed by atoms with Crippen molar-refractivity contribution >= 4 is 5.91 Å². The molecule has 3 heteroatoms. The molecule has 1 aromatic rings. The SMILES string of the molecule is Cc1ccc(C(C)(C)C)cc1C(=O)NCCO. The quantitative estimate of drug-likeness (QED) is 0.842. The number of aliphatic hydroxyl groups is 1.